The standard InChI is InChI=1S/C2H7N2PS/c3-1-2-5(4)6/h4H,1-3H2. The van der Waals surface area contributed by atoms with E-state index in [0.717, 1.165) is 0 Å². The second kappa shape index (κ2) is 3.59. The number of hydrogen-bond donors (Lipinski definition) is 2. The van der Waals surface area contributed by atoms with Crippen molar-refractivity contribution in [3.05, 3.63) is 0 Å². The summed E-state index contributed by atoms with van der Waals surface area (Å²) in [7, 11) is 0. The van der Waals surface area contributed by atoms with E-state index in [9.17, 15) is 0 Å². The van der Waals surface area contributed by atoms with Crippen molar-refractivity contribution in [3.63, 3.8) is 0 Å². The van der Waals surface area contributed by atoms with E-state index >= 15 is 0 Å². The molecule has 0 amide bonds. The van der Waals surface area contributed by atoms with E-state index in [1.807, 2.05) is 0 Å². The van der Waals surface area contributed by atoms with Gasteiger partial charge in [0, 0.05) is 6.54 Å². The first-order chi connectivity index (χ1) is 2.77. The van der Waals surface area contributed by atoms with E-state index in [1.165, 1.54) is 0 Å². The minimum Gasteiger partial charge on any atom is -0.469 e. The molecule has 2 nitrogen and oxygen atoms in total. The first kappa shape index (κ1) is 6.41. The average Bonchev–Trinajstić information content (AvgIpc) is 1.35. The zero-order valence-corrected chi connectivity index (χ0v) is 5.06. The fraction of sp³-hybridized carbons (Fsp3) is 1.00. The second-order valence-electron chi connectivity index (χ2n) is 0.891. The largest absolute Gasteiger partial charge is 0.469 e. The molecule has 1 unspecified atom stereocenters. The van der Waals surface area contributed by atoms with Gasteiger partial charge >= 0.3 is 0 Å². The molecule has 0 bridgehead atoms. The summed E-state index contributed by atoms with van der Waals surface area (Å²) in [6, 6.07) is 0. The van der Waals surface area contributed by atoms with Gasteiger partial charge < -0.3 is 18.0 Å². The first-order valence-electron chi connectivity index (χ1n) is 1.63. The molecule has 0 aliphatic rings. The zero-order chi connectivity index (χ0) is 4.99. The average molecular weight is 122 g/mol. The molecule has 0 aromatic heterocycles. The van der Waals surface area contributed by atoms with Crippen molar-refractivity contribution in [1.29, 1.82) is 5.16 Å². The summed E-state index contributed by atoms with van der Waals surface area (Å²) >= 11 is 4.53. The Morgan fingerprint density at radius 3 is 2.33 bits per heavy atom. The number of rotatable bonds is 2. The van der Waals surface area contributed by atoms with Gasteiger partial charge in [-0.1, -0.05) is 0 Å². The summed E-state index contributed by atoms with van der Waals surface area (Å²) in [4.78, 5) is 0. The molecule has 4 heteroatoms. The maximum atomic E-state index is 6.78. The predicted octanol–water partition coefficient (Wildman–Crippen LogP) is 0.651. The molecule has 3 N–H and O–H groups in total. The Hall–Kier alpha value is 0.410. The molecular formula is C2H7N2PS. The van der Waals surface area contributed by atoms with Gasteiger partial charge in [0.2, 0.25) is 0 Å². The maximum Gasteiger partial charge on any atom is 0.117 e. The van der Waals surface area contributed by atoms with Crippen molar-refractivity contribution < 1.29 is 0 Å². The van der Waals surface area contributed by atoms with E-state index in [2.05, 4.69) is 12.2 Å². The Bertz CT molecular complexity index is 55.5. The van der Waals surface area contributed by atoms with E-state index in [0.29, 0.717) is 12.7 Å². The minimum absolute atomic E-state index is 0.568. The van der Waals surface area contributed by atoms with Crippen LogP contribution >= 0.6 is 6.92 Å². The molecule has 0 radical (unpaired) electrons. The second-order valence-corrected chi connectivity index (χ2v) is 3.42. The summed E-state index contributed by atoms with van der Waals surface area (Å²) in [6.45, 7) is -0.324. The van der Waals surface area contributed by atoms with Gasteiger partial charge in [-0.05, 0) is 0 Å². The van der Waals surface area contributed by atoms with Crippen LogP contribution in [0.25, 0.3) is 0 Å². The highest BCUT2D eigenvalue weighted by atomic mass is 32.7. The Morgan fingerprint density at radius 1 is 1.83 bits per heavy atom. The highest BCUT2D eigenvalue weighted by molar-refractivity contribution is 8.28. The molecule has 36 valence electrons. The van der Waals surface area contributed by atoms with Crippen LogP contribution in [0.15, 0.2) is 0 Å². The summed E-state index contributed by atoms with van der Waals surface area (Å²) in [6.07, 6.45) is 0.699. The Balaban J connectivity index is 2.83. The van der Waals surface area contributed by atoms with Crippen LogP contribution in [-0.4, -0.2) is 12.7 Å². The summed E-state index contributed by atoms with van der Waals surface area (Å²) in [5, 5.41) is 6.78. The van der Waals surface area contributed by atoms with Gasteiger partial charge in [-0.2, -0.15) is 0 Å². The van der Waals surface area contributed by atoms with Crippen molar-refractivity contribution in [2.45, 2.75) is 0 Å². The van der Waals surface area contributed by atoms with Gasteiger partial charge in [-0.25, -0.2) is 0 Å². The molecule has 0 rings (SSSR count). The predicted molar refractivity (Wildman–Crippen MR) is 30.9 cm³/mol. The normalized spacial score (nSPS) is 11.3. The Labute approximate surface area is 43.5 Å². The lowest BCUT2D eigenvalue weighted by molar-refractivity contribution is 1.14. The molecule has 0 aromatic carbocycles. The molecule has 0 saturated carbocycles. The van der Waals surface area contributed by atoms with Crippen LogP contribution in [0.5, 0.6) is 0 Å². The quantitative estimate of drug-likeness (QED) is 0.417. The van der Waals surface area contributed by atoms with Gasteiger partial charge in [-0.15, -0.1) is 5.16 Å². The number of nitrogens with one attached hydrogen (secondary N) is 1. The lowest BCUT2D eigenvalue weighted by Gasteiger charge is -1.84. The lowest BCUT2D eigenvalue weighted by Crippen LogP contribution is -1.99. The van der Waals surface area contributed by atoms with E-state index in [1.54, 1.807) is 0 Å². The molecule has 6 heavy (non-hydrogen) atoms. The van der Waals surface area contributed by atoms with Crippen molar-refractivity contribution in [3.8, 4) is 0 Å². The van der Waals surface area contributed by atoms with Crippen LogP contribution in [0.4, 0.5) is 0 Å². The fourth-order valence-corrected chi connectivity index (χ4v) is 0.668. The molecule has 0 saturated heterocycles. The van der Waals surface area contributed by atoms with Gasteiger partial charge in [-0.3, -0.25) is 0 Å². The fourth-order valence-electron chi connectivity index (χ4n) is 0.117. The molecule has 0 aromatic rings. The van der Waals surface area contributed by atoms with Gasteiger partial charge in [0.1, 0.15) is 6.16 Å². The van der Waals surface area contributed by atoms with Gasteiger partial charge in [0.05, 0.1) is 6.92 Å². The Kier molecular flexibility index (Phi) is 3.84. The smallest absolute Gasteiger partial charge is 0.117 e. The van der Waals surface area contributed by atoms with E-state index < -0.39 is 6.92 Å². The molecule has 0 heterocycles. The van der Waals surface area contributed by atoms with Crippen LogP contribution in [0.2, 0.25) is 0 Å². The lowest BCUT2D eigenvalue weighted by atomic mass is 10.8. The zero-order valence-electron chi connectivity index (χ0n) is 3.35. The van der Waals surface area contributed by atoms with E-state index in [4.69, 9.17) is 10.9 Å². The monoisotopic (exact) mass is 122 g/mol. The van der Waals surface area contributed by atoms with Crippen LogP contribution in [-0.2, 0) is 12.2 Å². The van der Waals surface area contributed by atoms with Crippen LogP contribution in [0.1, 0.15) is 0 Å². The van der Waals surface area contributed by atoms with Crippen LogP contribution < -0.4 is 5.73 Å². The topological polar surface area (TPSA) is 49.9 Å². The highest BCUT2D eigenvalue weighted by Gasteiger charge is 1.82. The van der Waals surface area contributed by atoms with Crippen molar-refractivity contribution in [2.75, 3.05) is 12.7 Å². The Morgan fingerprint density at radius 2 is 2.33 bits per heavy atom. The molecule has 0 aliphatic carbocycles. The summed E-state index contributed by atoms with van der Waals surface area (Å²) in [5.41, 5.74) is 5.06. The van der Waals surface area contributed by atoms with Gasteiger partial charge in [0.15, 0.2) is 0 Å². The van der Waals surface area contributed by atoms with Crippen LogP contribution in [0, 0.1) is 5.16 Å². The first-order valence-corrected chi connectivity index (χ1v) is 4.17. The number of nitrogens with two attached hydrogens (primary N) is 1. The SMILES string of the molecule is N=[P+]([S-])CCN. The van der Waals surface area contributed by atoms with E-state index in [-0.39, 0.29) is 0 Å². The highest BCUT2D eigenvalue weighted by Crippen LogP contribution is 2.12. The summed E-state index contributed by atoms with van der Waals surface area (Å²) in [5.74, 6) is 0. The van der Waals surface area contributed by atoms with Gasteiger partial charge in [0.25, 0.3) is 0 Å². The molecule has 0 fully saturated rings. The number of hydrogen-bond acceptors (Lipinski definition) is 3. The maximum absolute atomic E-state index is 6.78. The van der Waals surface area contributed by atoms with Crippen molar-refractivity contribution >= 4 is 19.2 Å². The molecule has 0 spiro atoms. The van der Waals surface area contributed by atoms with Crippen LogP contribution in [0.3, 0.4) is 0 Å². The third-order valence-electron chi connectivity index (χ3n) is 0.332. The molecule has 0 aliphatic heterocycles. The van der Waals surface area contributed by atoms with Crippen molar-refractivity contribution in [1.82, 2.24) is 0 Å². The third-order valence-corrected chi connectivity index (χ3v) is 1.54. The third kappa shape index (κ3) is 4.41. The minimum atomic E-state index is -0.892. The molecular weight excluding hydrogens is 115 g/mol. The molecule has 1 atom stereocenters. The summed E-state index contributed by atoms with van der Waals surface area (Å²) < 4.78 is 0. The van der Waals surface area contributed by atoms with Crippen molar-refractivity contribution in [2.24, 2.45) is 5.73 Å².